The second kappa shape index (κ2) is 18.2. The van der Waals surface area contributed by atoms with E-state index in [1.165, 1.54) is 0 Å². The van der Waals surface area contributed by atoms with Crippen LogP contribution in [0.2, 0.25) is 0 Å². The number of sulfone groups is 1. The van der Waals surface area contributed by atoms with E-state index >= 15 is 0 Å². The van der Waals surface area contributed by atoms with Gasteiger partial charge in [0.05, 0.1) is 0 Å². The summed E-state index contributed by atoms with van der Waals surface area (Å²) >= 11 is 12.6. The lowest BCUT2D eigenvalue weighted by Crippen LogP contribution is -2.37. The highest BCUT2D eigenvalue weighted by Gasteiger charge is 2.49. The SMILES string of the molecule is CCC(Br)(Br)S(=O)(=O)C(Br)(Br)CC.CCOCC.Oc1ccccc1.Oc1ccccc1. The first kappa shape index (κ1) is 34.0. The number of para-hydroxylation sites is 2. The maximum absolute atomic E-state index is 11.9. The highest BCUT2D eigenvalue weighted by atomic mass is 79.9. The highest BCUT2D eigenvalue weighted by Crippen LogP contribution is 2.49. The maximum Gasteiger partial charge on any atom is 0.201 e. The van der Waals surface area contributed by atoms with Gasteiger partial charge in [-0.3, -0.25) is 0 Å². The summed E-state index contributed by atoms with van der Waals surface area (Å²) in [6.07, 6.45) is 0.878. The predicted molar refractivity (Wildman–Crippen MR) is 149 cm³/mol. The third kappa shape index (κ3) is 14.2. The van der Waals surface area contributed by atoms with E-state index in [4.69, 9.17) is 14.9 Å². The molecular formula is C22H32Br4O5S. The second-order valence-corrected chi connectivity index (χ2v) is 18.0. The number of alkyl halides is 4. The topological polar surface area (TPSA) is 83.8 Å². The largest absolute Gasteiger partial charge is 0.508 e. The molecule has 0 radical (unpaired) electrons. The molecule has 0 spiro atoms. The molecule has 0 fully saturated rings. The maximum atomic E-state index is 11.9. The van der Waals surface area contributed by atoms with Crippen LogP contribution in [0.3, 0.4) is 0 Å². The molecule has 0 saturated heterocycles. The van der Waals surface area contributed by atoms with E-state index in [1.54, 1.807) is 62.4 Å². The molecule has 0 saturated carbocycles. The minimum atomic E-state index is -3.37. The molecule has 0 aromatic heterocycles. The summed E-state index contributed by atoms with van der Waals surface area (Å²) in [5, 5.41) is 17.3. The summed E-state index contributed by atoms with van der Waals surface area (Å²) in [4.78, 5) is 0. The second-order valence-electron chi connectivity index (χ2n) is 5.94. The standard InChI is InChI=1S/C6H10Br4O2S.2C6H6O.C4H10O/c1-3-5(7,8)13(11,12)6(9,10)4-2;2*7-6-4-2-1-3-5-6;1-3-5-4-2/h3-4H2,1-2H3;2*1-5,7H;3-4H2,1-2H3. The van der Waals surface area contributed by atoms with Crippen LogP contribution in [-0.2, 0) is 14.6 Å². The van der Waals surface area contributed by atoms with Gasteiger partial charge in [-0.05, 0) is 51.0 Å². The summed E-state index contributed by atoms with van der Waals surface area (Å²) < 4.78 is 26.6. The van der Waals surface area contributed by atoms with E-state index in [9.17, 15) is 8.42 Å². The first-order chi connectivity index (χ1) is 14.8. The van der Waals surface area contributed by atoms with Crippen molar-refractivity contribution in [2.24, 2.45) is 0 Å². The number of hydrogen-bond acceptors (Lipinski definition) is 5. The molecule has 0 heterocycles. The zero-order valence-corrected chi connectivity index (χ0v) is 25.8. The average molecular weight is 728 g/mol. The van der Waals surface area contributed by atoms with Gasteiger partial charge >= 0.3 is 0 Å². The van der Waals surface area contributed by atoms with Crippen molar-refractivity contribution in [3.05, 3.63) is 60.7 Å². The summed E-state index contributed by atoms with van der Waals surface area (Å²) in [6.45, 7) is 9.24. The van der Waals surface area contributed by atoms with E-state index in [0.29, 0.717) is 24.3 Å². The average Bonchev–Trinajstić information content (AvgIpc) is 2.76. The minimum Gasteiger partial charge on any atom is -0.508 e. The molecule has 2 rings (SSSR count). The summed E-state index contributed by atoms with van der Waals surface area (Å²) in [5.41, 5.74) is 0. The van der Waals surface area contributed by atoms with Gasteiger partial charge in [0, 0.05) is 13.2 Å². The van der Waals surface area contributed by atoms with Crippen molar-refractivity contribution in [3.63, 3.8) is 0 Å². The first-order valence-electron chi connectivity index (χ1n) is 9.88. The fourth-order valence-corrected chi connectivity index (χ4v) is 8.78. The van der Waals surface area contributed by atoms with Crippen molar-refractivity contribution in [2.75, 3.05) is 13.2 Å². The monoisotopic (exact) mass is 724 g/mol. The van der Waals surface area contributed by atoms with E-state index in [-0.39, 0.29) is 0 Å². The molecule has 0 amide bonds. The van der Waals surface area contributed by atoms with E-state index in [0.717, 1.165) is 13.2 Å². The number of rotatable bonds is 6. The predicted octanol–water partition coefficient (Wildman–Crippen LogP) is 7.94. The molecule has 0 atom stereocenters. The normalized spacial score (nSPS) is 11.0. The van der Waals surface area contributed by atoms with Crippen molar-refractivity contribution in [1.82, 2.24) is 0 Å². The molecule has 5 nitrogen and oxygen atoms in total. The molecule has 0 aliphatic heterocycles. The molecule has 0 aliphatic rings. The minimum absolute atomic E-state index is 0.322. The van der Waals surface area contributed by atoms with Gasteiger partial charge in [-0.2, -0.15) is 0 Å². The van der Waals surface area contributed by atoms with Crippen LogP contribution >= 0.6 is 63.7 Å². The van der Waals surface area contributed by atoms with E-state index in [2.05, 4.69) is 63.7 Å². The molecule has 10 heteroatoms. The zero-order chi connectivity index (χ0) is 25.3. The molecule has 2 aromatic rings. The molecule has 0 bridgehead atoms. The Kier molecular flexibility index (Phi) is 19.4. The number of hydrogen-bond donors (Lipinski definition) is 2. The van der Waals surface area contributed by atoms with Crippen LogP contribution in [0.4, 0.5) is 0 Å². The summed E-state index contributed by atoms with van der Waals surface area (Å²) in [7, 11) is -3.37. The third-order valence-corrected chi connectivity index (χ3v) is 13.0. The van der Waals surface area contributed by atoms with Gasteiger partial charge in [0.2, 0.25) is 9.84 Å². The Morgan fingerprint density at radius 1 is 0.688 bits per heavy atom. The Morgan fingerprint density at radius 3 is 1.09 bits per heavy atom. The lowest BCUT2D eigenvalue weighted by molar-refractivity contribution is 0.162. The molecule has 0 aliphatic carbocycles. The Bertz CT molecular complexity index is 740. The van der Waals surface area contributed by atoms with Crippen LogP contribution in [0.5, 0.6) is 11.5 Å². The smallest absolute Gasteiger partial charge is 0.201 e. The lowest BCUT2D eigenvalue weighted by Gasteiger charge is -2.27. The molecule has 32 heavy (non-hydrogen) atoms. The van der Waals surface area contributed by atoms with Crippen LogP contribution in [0.15, 0.2) is 60.7 Å². The van der Waals surface area contributed by atoms with Crippen LogP contribution in [-0.4, -0.2) is 37.0 Å². The third-order valence-electron chi connectivity index (χ3n) is 3.53. The zero-order valence-electron chi connectivity index (χ0n) is 18.6. The van der Waals surface area contributed by atoms with Crippen molar-refractivity contribution in [2.45, 2.75) is 45.7 Å². The molecular weight excluding hydrogens is 696 g/mol. The summed E-state index contributed by atoms with van der Waals surface area (Å²) in [5.74, 6) is 0.644. The van der Waals surface area contributed by atoms with Gasteiger partial charge in [-0.1, -0.05) is 114 Å². The molecule has 0 unspecified atom stereocenters. The Labute approximate surface area is 226 Å². The number of benzene rings is 2. The van der Waals surface area contributed by atoms with Gasteiger partial charge in [-0.15, -0.1) is 0 Å². The van der Waals surface area contributed by atoms with Crippen LogP contribution < -0.4 is 0 Å². The number of aromatic hydroxyl groups is 2. The Balaban J connectivity index is 0. The van der Waals surface area contributed by atoms with Gasteiger partial charge in [0.1, 0.15) is 11.5 Å². The fraction of sp³-hybridized carbons (Fsp3) is 0.455. The van der Waals surface area contributed by atoms with Crippen molar-refractivity contribution in [1.29, 1.82) is 0 Å². The first-order valence-corrected chi connectivity index (χ1v) is 14.5. The van der Waals surface area contributed by atoms with Crippen molar-refractivity contribution >= 4 is 73.6 Å². The molecule has 184 valence electrons. The summed E-state index contributed by atoms with van der Waals surface area (Å²) in [6, 6.07) is 17.4. The fourth-order valence-electron chi connectivity index (χ4n) is 1.66. The number of phenols is 2. The number of ether oxygens (including phenoxy) is 1. The van der Waals surface area contributed by atoms with Gasteiger partial charge in [0.15, 0.2) is 5.13 Å². The van der Waals surface area contributed by atoms with Crippen LogP contribution in [0.25, 0.3) is 0 Å². The van der Waals surface area contributed by atoms with Gasteiger partial charge in [-0.25, -0.2) is 8.42 Å². The van der Waals surface area contributed by atoms with Gasteiger partial charge in [0.25, 0.3) is 0 Å². The van der Waals surface area contributed by atoms with Crippen LogP contribution in [0.1, 0.15) is 40.5 Å². The van der Waals surface area contributed by atoms with Crippen molar-refractivity contribution in [3.8, 4) is 11.5 Å². The Morgan fingerprint density at radius 2 is 0.969 bits per heavy atom. The molecule has 2 aromatic carbocycles. The van der Waals surface area contributed by atoms with Crippen molar-refractivity contribution < 1.29 is 23.4 Å². The van der Waals surface area contributed by atoms with Crippen LogP contribution in [0, 0.1) is 0 Å². The van der Waals surface area contributed by atoms with Gasteiger partial charge < -0.3 is 14.9 Å². The lowest BCUT2D eigenvalue weighted by atomic mass is 10.3. The Hall–Kier alpha value is -0.130. The number of phenolic OH excluding ortho intramolecular Hbond substituents is 2. The van der Waals surface area contributed by atoms with E-state index in [1.807, 2.05) is 26.0 Å². The van der Waals surface area contributed by atoms with E-state index < -0.39 is 15.0 Å². The number of halogens is 4. The quantitative estimate of drug-likeness (QED) is 0.296. The molecule has 2 N–H and O–H groups in total. The highest BCUT2D eigenvalue weighted by molar-refractivity contribution is 9.31.